The molecule has 0 bridgehead atoms. The first-order valence-electron chi connectivity index (χ1n) is 5.38. The van der Waals surface area contributed by atoms with Crippen molar-refractivity contribution in [1.82, 2.24) is 9.19 Å². The summed E-state index contributed by atoms with van der Waals surface area (Å²) < 4.78 is 30.7. The van der Waals surface area contributed by atoms with Gasteiger partial charge in [0.2, 0.25) is 0 Å². The number of hydrogen-bond acceptors (Lipinski definition) is 4. The van der Waals surface area contributed by atoms with E-state index in [0.29, 0.717) is 17.1 Å². The van der Waals surface area contributed by atoms with Gasteiger partial charge >= 0.3 is 0 Å². The number of hydrogen-bond donors (Lipinski definition) is 0. The maximum absolute atomic E-state index is 12.3. The van der Waals surface area contributed by atoms with Gasteiger partial charge < -0.3 is 4.74 Å². The molecule has 2 aromatic rings. The molecule has 0 spiro atoms. The van der Waals surface area contributed by atoms with E-state index in [1.54, 1.807) is 32.0 Å². The van der Waals surface area contributed by atoms with Crippen LogP contribution in [0.4, 0.5) is 0 Å². The Hall–Kier alpha value is -1.82. The van der Waals surface area contributed by atoms with Crippen LogP contribution < -0.4 is 4.74 Å². The molecule has 18 heavy (non-hydrogen) atoms. The Morgan fingerprint density at radius 2 is 1.78 bits per heavy atom. The van der Waals surface area contributed by atoms with Crippen molar-refractivity contribution in [3.8, 4) is 5.75 Å². The van der Waals surface area contributed by atoms with E-state index in [9.17, 15) is 8.42 Å². The lowest BCUT2D eigenvalue weighted by atomic mass is 10.3. The summed E-state index contributed by atoms with van der Waals surface area (Å²) in [6.07, 6.45) is 0. The zero-order chi connectivity index (χ0) is 13.3. The Morgan fingerprint density at radius 1 is 1.17 bits per heavy atom. The monoisotopic (exact) mass is 266 g/mol. The van der Waals surface area contributed by atoms with E-state index in [1.165, 1.54) is 19.2 Å². The lowest BCUT2D eigenvalue weighted by Crippen LogP contribution is -2.16. The highest BCUT2D eigenvalue weighted by Crippen LogP contribution is 2.19. The van der Waals surface area contributed by atoms with Gasteiger partial charge in [0.1, 0.15) is 5.75 Å². The Labute approximate surface area is 106 Å². The molecule has 0 saturated heterocycles. The van der Waals surface area contributed by atoms with Crippen LogP contribution in [0.1, 0.15) is 11.4 Å². The van der Waals surface area contributed by atoms with Crippen LogP contribution >= 0.6 is 0 Å². The normalized spacial score (nSPS) is 11.5. The van der Waals surface area contributed by atoms with Crippen molar-refractivity contribution in [3.05, 3.63) is 41.7 Å². The second-order valence-electron chi connectivity index (χ2n) is 3.95. The molecule has 1 aromatic heterocycles. The highest BCUT2D eigenvalue weighted by molar-refractivity contribution is 7.89. The number of methoxy groups -OCH3 is 1. The van der Waals surface area contributed by atoms with Crippen LogP contribution in [0.3, 0.4) is 0 Å². The van der Waals surface area contributed by atoms with E-state index in [4.69, 9.17) is 4.74 Å². The highest BCUT2D eigenvalue weighted by Gasteiger charge is 2.20. The third kappa shape index (κ3) is 2.11. The number of ether oxygens (including phenoxy) is 1. The molecule has 1 heterocycles. The van der Waals surface area contributed by atoms with Crippen LogP contribution in [0.2, 0.25) is 0 Å². The van der Waals surface area contributed by atoms with Crippen LogP contribution in [0.5, 0.6) is 5.75 Å². The van der Waals surface area contributed by atoms with Crippen molar-refractivity contribution in [2.45, 2.75) is 18.7 Å². The SMILES string of the molecule is COc1ccc(S(=O)(=O)n2nc(C)cc2C)cc1. The number of benzene rings is 1. The molecule has 0 amide bonds. The topological polar surface area (TPSA) is 61.2 Å². The molecule has 0 atom stereocenters. The molecule has 96 valence electrons. The molecule has 0 saturated carbocycles. The average molecular weight is 266 g/mol. The van der Waals surface area contributed by atoms with E-state index in [2.05, 4.69) is 5.10 Å². The summed E-state index contributed by atoms with van der Waals surface area (Å²) in [7, 11) is -2.09. The fraction of sp³-hybridized carbons (Fsp3) is 0.250. The zero-order valence-electron chi connectivity index (χ0n) is 10.4. The first-order chi connectivity index (χ1) is 8.45. The van der Waals surface area contributed by atoms with Crippen LogP contribution in [-0.2, 0) is 10.0 Å². The quantitative estimate of drug-likeness (QED) is 0.849. The van der Waals surface area contributed by atoms with Gasteiger partial charge in [-0.05, 0) is 44.2 Å². The van der Waals surface area contributed by atoms with Gasteiger partial charge in [-0.1, -0.05) is 0 Å². The summed E-state index contributed by atoms with van der Waals surface area (Å²) in [5.74, 6) is 0.613. The van der Waals surface area contributed by atoms with Crippen molar-refractivity contribution in [2.24, 2.45) is 0 Å². The van der Waals surface area contributed by atoms with Gasteiger partial charge in [0.25, 0.3) is 10.0 Å². The molecule has 5 nitrogen and oxygen atoms in total. The lowest BCUT2D eigenvalue weighted by molar-refractivity contribution is 0.414. The van der Waals surface area contributed by atoms with Crippen LogP contribution in [-0.4, -0.2) is 24.7 Å². The molecule has 0 aliphatic heterocycles. The van der Waals surface area contributed by atoms with E-state index < -0.39 is 10.0 Å². The number of aromatic nitrogens is 2. The van der Waals surface area contributed by atoms with E-state index >= 15 is 0 Å². The summed E-state index contributed by atoms with van der Waals surface area (Å²) in [6, 6.07) is 7.95. The van der Waals surface area contributed by atoms with E-state index in [1.807, 2.05) is 0 Å². The van der Waals surface area contributed by atoms with Crippen LogP contribution in [0.15, 0.2) is 35.2 Å². The van der Waals surface area contributed by atoms with Gasteiger partial charge in [0.15, 0.2) is 0 Å². The molecular formula is C12H14N2O3S. The second-order valence-corrected chi connectivity index (χ2v) is 5.72. The van der Waals surface area contributed by atoms with Crippen molar-refractivity contribution in [1.29, 1.82) is 0 Å². The van der Waals surface area contributed by atoms with Crippen molar-refractivity contribution < 1.29 is 13.2 Å². The molecule has 6 heteroatoms. The first kappa shape index (κ1) is 12.6. The van der Waals surface area contributed by atoms with Crippen LogP contribution in [0, 0.1) is 13.8 Å². The zero-order valence-corrected chi connectivity index (χ0v) is 11.2. The molecule has 0 unspecified atom stereocenters. The molecule has 0 aliphatic carbocycles. The fourth-order valence-electron chi connectivity index (χ4n) is 1.70. The maximum Gasteiger partial charge on any atom is 0.283 e. The maximum atomic E-state index is 12.3. The summed E-state index contributed by atoms with van der Waals surface area (Å²) in [6.45, 7) is 3.47. The Morgan fingerprint density at radius 3 is 2.22 bits per heavy atom. The third-order valence-corrected chi connectivity index (χ3v) is 4.25. The summed E-state index contributed by atoms with van der Waals surface area (Å²) >= 11 is 0. The average Bonchev–Trinajstić information content (AvgIpc) is 2.69. The minimum atomic E-state index is -3.62. The summed E-state index contributed by atoms with van der Waals surface area (Å²) in [5, 5.41) is 4.00. The number of aryl methyl sites for hydroxylation is 2. The Balaban J connectivity index is 2.51. The molecule has 0 N–H and O–H groups in total. The largest absolute Gasteiger partial charge is 0.497 e. The predicted octanol–water partition coefficient (Wildman–Crippen LogP) is 1.75. The molecule has 1 aromatic carbocycles. The molecule has 0 fully saturated rings. The van der Waals surface area contributed by atoms with Gasteiger partial charge in [-0.3, -0.25) is 0 Å². The van der Waals surface area contributed by atoms with Crippen LogP contribution in [0.25, 0.3) is 0 Å². The minimum absolute atomic E-state index is 0.189. The molecule has 0 aliphatic rings. The number of rotatable bonds is 3. The van der Waals surface area contributed by atoms with Crippen molar-refractivity contribution in [2.75, 3.05) is 7.11 Å². The minimum Gasteiger partial charge on any atom is -0.497 e. The van der Waals surface area contributed by atoms with Gasteiger partial charge in [-0.25, -0.2) is 0 Å². The van der Waals surface area contributed by atoms with E-state index in [0.717, 1.165) is 4.09 Å². The first-order valence-corrected chi connectivity index (χ1v) is 6.82. The predicted molar refractivity (Wildman–Crippen MR) is 67.3 cm³/mol. The molecule has 0 radical (unpaired) electrons. The standard InChI is InChI=1S/C12H14N2O3S/c1-9-8-10(2)14(13-9)18(15,16)12-6-4-11(17-3)5-7-12/h4-8H,1-3H3. The van der Waals surface area contributed by atoms with Gasteiger partial charge in [0, 0.05) is 0 Å². The molecule has 2 rings (SSSR count). The van der Waals surface area contributed by atoms with E-state index in [-0.39, 0.29) is 4.90 Å². The fourth-order valence-corrected chi connectivity index (χ4v) is 3.05. The van der Waals surface area contributed by atoms with Gasteiger partial charge in [0.05, 0.1) is 23.4 Å². The van der Waals surface area contributed by atoms with Crippen molar-refractivity contribution in [3.63, 3.8) is 0 Å². The van der Waals surface area contributed by atoms with Gasteiger partial charge in [-0.2, -0.15) is 17.6 Å². The Bertz CT molecular complexity index is 657. The molecular weight excluding hydrogens is 252 g/mol. The lowest BCUT2D eigenvalue weighted by Gasteiger charge is -2.07. The summed E-state index contributed by atoms with van der Waals surface area (Å²) in [4.78, 5) is 0.189. The Kier molecular flexibility index (Phi) is 3.13. The third-order valence-electron chi connectivity index (χ3n) is 2.55. The van der Waals surface area contributed by atoms with Crippen molar-refractivity contribution >= 4 is 10.0 Å². The summed E-state index contributed by atoms with van der Waals surface area (Å²) in [5.41, 5.74) is 1.26. The smallest absolute Gasteiger partial charge is 0.283 e. The highest BCUT2D eigenvalue weighted by atomic mass is 32.2. The number of nitrogens with zero attached hydrogens (tertiary/aromatic N) is 2. The second kappa shape index (κ2) is 4.45. The van der Waals surface area contributed by atoms with Gasteiger partial charge in [-0.15, -0.1) is 0 Å².